The van der Waals surface area contributed by atoms with E-state index in [2.05, 4.69) is 27.3 Å². The minimum atomic E-state index is -0.334. The number of nitrogens with one attached hydrogen (secondary N) is 1. The first-order chi connectivity index (χ1) is 13.2. The summed E-state index contributed by atoms with van der Waals surface area (Å²) in [5.74, 6) is -0.0360. The summed E-state index contributed by atoms with van der Waals surface area (Å²) >= 11 is 0. The summed E-state index contributed by atoms with van der Waals surface area (Å²) < 4.78 is 1.92. The third kappa shape index (κ3) is 3.82. The molecule has 1 N–H and O–H groups in total. The van der Waals surface area contributed by atoms with Crippen LogP contribution in [0.15, 0.2) is 54.9 Å². The van der Waals surface area contributed by atoms with Gasteiger partial charge in [-0.1, -0.05) is 31.0 Å². The fourth-order valence-electron chi connectivity index (χ4n) is 3.77. The molecule has 5 heteroatoms. The number of amides is 1. The average Bonchev–Trinajstić information content (AvgIpc) is 2.93. The lowest BCUT2D eigenvalue weighted by Gasteiger charge is -2.23. The van der Waals surface area contributed by atoms with Crippen LogP contribution in [0.3, 0.4) is 0 Å². The second-order valence-corrected chi connectivity index (χ2v) is 7.26. The predicted molar refractivity (Wildman–Crippen MR) is 110 cm³/mol. The number of fused-ring (bicyclic) bond motifs is 1. The van der Waals surface area contributed by atoms with Crippen molar-refractivity contribution in [3.8, 4) is 0 Å². The highest BCUT2D eigenvalue weighted by Gasteiger charge is 2.18. The van der Waals surface area contributed by atoms with Crippen molar-refractivity contribution in [1.82, 2.24) is 9.55 Å². The van der Waals surface area contributed by atoms with Crippen molar-refractivity contribution in [3.63, 3.8) is 0 Å². The van der Waals surface area contributed by atoms with E-state index in [9.17, 15) is 4.79 Å². The molecule has 1 aliphatic heterocycles. The van der Waals surface area contributed by atoms with Gasteiger partial charge in [0.1, 0.15) is 6.04 Å². The van der Waals surface area contributed by atoms with Crippen LogP contribution < -0.4 is 10.2 Å². The minimum Gasteiger partial charge on any atom is -0.371 e. The number of carbonyl (C=O) groups is 1. The zero-order chi connectivity index (χ0) is 18.6. The topological polar surface area (TPSA) is 50.2 Å². The van der Waals surface area contributed by atoms with E-state index in [0.717, 1.165) is 29.8 Å². The zero-order valence-corrected chi connectivity index (χ0v) is 15.8. The molecule has 1 atom stereocenters. The SMILES string of the molecule is C[C@H](C(=O)Nc1cccc(N2CCCCCC2)c1)n1cnc2ccccc21. The fourth-order valence-corrected chi connectivity index (χ4v) is 3.77. The Hall–Kier alpha value is -2.82. The second-order valence-electron chi connectivity index (χ2n) is 7.26. The summed E-state index contributed by atoms with van der Waals surface area (Å²) in [6.07, 6.45) is 6.83. The number of nitrogens with zero attached hydrogens (tertiary/aromatic N) is 3. The number of rotatable bonds is 4. The molecule has 1 aromatic heterocycles. The van der Waals surface area contributed by atoms with Gasteiger partial charge in [-0.25, -0.2) is 4.98 Å². The van der Waals surface area contributed by atoms with Crippen molar-refractivity contribution < 1.29 is 4.79 Å². The smallest absolute Gasteiger partial charge is 0.247 e. The maximum atomic E-state index is 12.8. The molecule has 5 nitrogen and oxygen atoms in total. The highest BCUT2D eigenvalue weighted by Crippen LogP contribution is 2.24. The van der Waals surface area contributed by atoms with E-state index < -0.39 is 0 Å². The number of benzene rings is 2. The Morgan fingerprint density at radius 2 is 1.81 bits per heavy atom. The third-order valence-electron chi connectivity index (χ3n) is 5.36. The highest BCUT2D eigenvalue weighted by atomic mass is 16.2. The molecule has 1 amide bonds. The molecule has 0 unspecified atom stereocenters. The molecule has 3 aromatic rings. The van der Waals surface area contributed by atoms with Crippen molar-refractivity contribution in [2.24, 2.45) is 0 Å². The van der Waals surface area contributed by atoms with Crippen LogP contribution >= 0.6 is 0 Å². The van der Waals surface area contributed by atoms with Crippen molar-refractivity contribution >= 4 is 28.3 Å². The van der Waals surface area contributed by atoms with Gasteiger partial charge in [0.05, 0.1) is 17.4 Å². The first-order valence-corrected chi connectivity index (χ1v) is 9.80. The largest absolute Gasteiger partial charge is 0.371 e. The van der Waals surface area contributed by atoms with E-state index >= 15 is 0 Å². The number of hydrogen-bond acceptors (Lipinski definition) is 3. The molecule has 27 heavy (non-hydrogen) atoms. The Bertz CT molecular complexity index is 925. The van der Waals surface area contributed by atoms with Gasteiger partial charge in [-0.3, -0.25) is 4.79 Å². The summed E-state index contributed by atoms with van der Waals surface area (Å²) in [6, 6.07) is 15.7. The summed E-state index contributed by atoms with van der Waals surface area (Å²) in [5.41, 5.74) is 3.91. The number of carbonyl (C=O) groups excluding carboxylic acids is 1. The van der Waals surface area contributed by atoms with E-state index in [0.29, 0.717) is 0 Å². The van der Waals surface area contributed by atoms with E-state index in [-0.39, 0.29) is 11.9 Å². The van der Waals surface area contributed by atoms with Crippen molar-refractivity contribution in [1.29, 1.82) is 0 Å². The minimum absolute atomic E-state index is 0.0360. The average molecular weight is 362 g/mol. The molecule has 1 aliphatic rings. The van der Waals surface area contributed by atoms with Gasteiger partial charge in [-0.15, -0.1) is 0 Å². The van der Waals surface area contributed by atoms with Gasteiger partial charge in [0.15, 0.2) is 0 Å². The molecule has 0 bridgehead atoms. The first kappa shape index (κ1) is 17.6. The molecule has 4 rings (SSSR count). The molecule has 2 aromatic carbocycles. The maximum Gasteiger partial charge on any atom is 0.247 e. The number of aromatic nitrogens is 2. The standard InChI is InChI=1S/C22H26N4O/c1-17(26-16-23-20-11-4-5-12-21(20)26)22(27)24-18-9-8-10-19(15-18)25-13-6-2-3-7-14-25/h4-5,8-12,15-17H,2-3,6-7,13-14H2,1H3,(H,24,27)/t17-/m1/s1. The molecule has 0 radical (unpaired) electrons. The molecule has 140 valence electrons. The quantitative estimate of drug-likeness (QED) is 0.737. The Morgan fingerprint density at radius 3 is 2.63 bits per heavy atom. The maximum absolute atomic E-state index is 12.8. The van der Waals surface area contributed by atoms with Gasteiger partial charge < -0.3 is 14.8 Å². The van der Waals surface area contributed by atoms with E-state index in [1.54, 1.807) is 6.33 Å². The summed E-state index contributed by atoms with van der Waals surface area (Å²) in [4.78, 5) is 19.6. The van der Waals surface area contributed by atoms with Crippen LogP contribution in [0.2, 0.25) is 0 Å². The van der Waals surface area contributed by atoms with E-state index in [4.69, 9.17) is 0 Å². The number of para-hydroxylation sites is 2. The van der Waals surface area contributed by atoms with Crippen LogP contribution in [0.1, 0.15) is 38.6 Å². The lowest BCUT2D eigenvalue weighted by molar-refractivity contribution is -0.118. The van der Waals surface area contributed by atoms with Gasteiger partial charge in [-0.2, -0.15) is 0 Å². The van der Waals surface area contributed by atoms with Crippen LogP contribution in [0, 0.1) is 0 Å². The third-order valence-corrected chi connectivity index (χ3v) is 5.36. The van der Waals surface area contributed by atoms with E-state index in [1.165, 1.54) is 31.4 Å². The number of anilines is 2. The van der Waals surface area contributed by atoms with Crippen molar-refractivity contribution in [2.45, 2.75) is 38.6 Å². The lowest BCUT2D eigenvalue weighted by atomic mass is 10.2. The van der Waals surface area contributed by atoms with Crippen LogP contribution in [-0.4, -0.2) is 28.5 Å². The summed E-state index contributed by atoms with van der Waals surface area (Å²) in [7, 11) is 0. The molecular weight excluding hydrogens is 336 g/mol. The summed E-state index contributed by atoms with van der Waals surface area (Å²) in [5, 5.41) is 3.08. The van der Waals surface area contributed by atoms with Crippen molar-refractivity contribution in [2.75, 3.05) is 23.3 Å². The Labute approximate surface area is 160 Å². The van der Waals surface area contributed by atoms with Crippen LogP contribution in [0.4, 0.5) is 11.4 Å². The Morgan fingerprint density at radius 1 is 1.04 bits per heavy atom. The second kappa shape index (κ2) is 7.82. The van der Waals surface area contributed by atoms with Crippen LogP contribution in [0.25, 0.3) is 11.0 Å². The molecule has 2 heterocycles. The lowest BCUT2D eigenvalue weighted by Crippen LogP contribution is -2.25. The number of imidazole rings is 1. The fraction of sp³-hybridized carbons (Fsp3) is 0.364. The van der Waals surface area contributed by atoms with Gasteiger partial charge >= 0.3 is 0 Å². The zero-order valence-electron chi connectivity index (χ0n) is 15.8. The first-order valence-electron chi connectivity index (χ1n) is 9.80. The Kier molecular flexibility index (Phi) is 5.10. The van der Waals surface area contributed by atoms with Gasteiger partial charge in [0, 0.05) is 24.5 Å². The molecule has 1 fully saturated rings. The molecule has 0 saturated carbocycles. The predicted octanol–water partition coefficient (Wildman–Crippen LogP) is 4.62. The van der Waals surface area contributed by atoms with Crippen molar-refractivity contribution in [3.05, 3.63) is 54.9 Å². The van der Waals surface area contributed by atoms with Crippen LogP contribution in [0.5, 0.6) is 0 Å². The Balaban J connectivity index is 1.50. The highest BCUT2D eigenvalue weighted by molar-refractivity contribution is 5.95. The molecule has 0 aliphatic carbocycles. The molecular formula is C22H26N4O. The normalized spacial score (nSPS) is 16.1. The van der Waals surface area contributed by atoms with Crippen LogP contribution in [-0.2, 0) is 4.79 Å². The molecule has 0 spiro atoms. The van der Waals surface area contributed by atoms with E-state index in [1.807, 2.05) is 47.9 Å². The molecule has 1 saturated heterocycles. The number of hydrogen-bond donors (Lipinski definition) is 1. The van der Waals surface area contributed by atoms with Gasteiger partial charge in [0.25, 0.3) is 0 Å². The summed E-state index contributed by atoms with van der Waals surface area (Å²) in [6.45, 7) is 4.09. The van der Waals surface area contributed by atoms with Gasteiger partial charge in [0.2, 0.25) is 5.91 Å². The van der Waals surface area contributed by atoms with Gasteiger partial charge in [-0.05, 0) is 50.1 Å². The monoisotopic (exact) mass is 362 g/mol.